The van der Waals surface area contributed by atoms with Gasteiger partial charge in [0.1, 0.15) is 0 Å². The van der Waals surface area contributed by atoms with E-state index in [2.05, 4.69) is 14.9 Å². The summed E-state index contributed by atoms with van der Waals surface area (Å²) in [5.41, 5.74) is 0.540. The molecule has 6 nitrogen and oxygen atoms in total. The molecule has 1 amide bonds. The summed E-state index contributed by atoms with van der Waals surface area (Å²) in [4.78, 5) is 15.2. The van der Waals surface area contributed by atoms with E-state index in [1.54, 1.807) is 24.3 Å². The minimum Gasteiger partial charge on any atom is -0.352 e. The monoisotopic (exact) mass is 449 g/mol. The predicted octanol–water partition coefficient (Wildman–Crippen LogP) is 4.14. The normalized spacial score (nSPS) is 15.4. The second-order valence-electron chi connectivity index (χ2n) is 7.48. The van der Waals surface area contributed by atoms with Crippen molar-refractivity contribution < 1.29 is 13.2 Å². The van der Waals surface area contributed by atoms with Crippen molar-refractivity contribution in [1.29, 1.82) is 0 Å². The molecule has 2 N–H and O–H groups in total. The molecule has 1 fully saturated rings. The van der Waals surface area contributed by atoms with Crippen LogP contribution in [0.3, 0.4) is 0 Å². The van der Waals surface area contributed by atoms with E-state index in [-0.39, 0.29) is 27.1 Å². The lowest BCUT2D eigenvalue weighted by atomic mass is 10.2. The second kappa shape index (κ2) is 10.8. The van der Waals surface area contributed by atoms with Gasteiger partial charge in [-0.25, -0.2) is 8.42 Å². The molecule has 0 radical (unpaired) electrons. The third-order valence-electron chi connectivity index (χ3n) is 5.15. The van der Waals surface area contributed by atoms with Gasteiger partial charge in [0.15, 0.2) is 0 Å². The SMILES string of the molecule is O=C(NCCCN1CCCCCC1)c1cc(NS(=O)(=O)c2ccccc2)ccc1Cl. The number of nitrogens with zero attached hydrogens (tertiary/aromatic N) is 1. The van der Waals surface area contributed by atoms with E-state index in [1.165, 1.54) is 49.9 Å². The van der Waals surface area contributed by atoms with Crippen LogP contribution in [0, 0.1) is 0 Å². The van der Waals surface area contributed by atoms with Crippen molar-refractivity contribution in [2.75, 3.05) is 30.9 Å². The van der Waals surface area contributed by atoms with E-state index in [1.807, 2.05) is 0 Å². The average molecular weight is 450 g/mol. The third-order valence-corrected chi connectivity index (χ3v) is 6.88. The minimum absolute atomic E-state index is 0.152. The maximum absolute atomic E-state index is 12.6. The zero-order valence-corrected chi connectivity index (χ0v) is 18.5. The van der Waals surface area contributed by atoms with E-state index >= 15 is 0 Å². The number of hydrogen-bond acceptors (Lipinski definition) is 4. The molecular formula is C22H28ClN3O3S. The molecule has 0 unspecified atom stereocenters. The van der Waals surface area contributed by atoms with Crippen molar-refractivity contribution in [2.45, 2.75) is 37.0 Å². The fraction of sp³-hybridized carbons (Fsp3) is 0.409. The quantitative estimate of drug-likeness (QED) is 0.594. The molecule has 2 aromatic rings. The molecular weight excluding hydrogens is 422 g/mol. The van der Waals surface area contributed by atoms with Crippen molar-refractivity contribution in [3.8, 4) is 0 Å². The van der Waals surface area contributed by atoms with Crippen LogP contribution in [0.5, 0.6) is 0 Å². The Kier molecular flexibility index (Phi) is 8.13. The fourth-order valence-electron chi connectivity index (χ4n) is 3.54. The van der Waals surface area contributed by atoms with Crippen molar-refractivity contribution in [3.63, 3.8) is 0 Å². The van der Waals surface area contributed by atoms with E-state index < -0.39 is 10.0 Å². The lowest BCUT2D eigenvalue weighted by molar-refractivity contribution is 0.0952. The Balaban J connectivity index is 1.57. The summed E-state index contributed by atoms with van der Waals surface area (Å²) < 4.78 is 27.5. The van der Waals surface area contributed by atoms with Crippen LogP contribution in [-0.4, -0.2) is 45.4 Å². The summed E-state index contributed by atoms with van der Waals surface area (Å²) in [6.07, 6.45) is 5.96. The van der Waals surface area contributed by atoms with Gasteiger partial charge in [-0.15, -0.1) is 0 Å². The Labute approximate surface area is 183 Å². The van der Waals surface area contributed by atoms with Gasteiger partial charge in [0, 0.05) is 12.2 Å². The van der Waals surface area contributed by atoms with Crippen LogP contribution >= 0.6 is 11.6 Å². The Morgan fingerprint density at radius 1 is 1.00 bits per heavy atom. The molecule has 30 heavy (non-hydrogen) atoms. The van der Waals surface area contributed by atoms with Gasteiger partial charge >= 0.3 is 0 Å². The summed E-state index contributed by atoms with van der Waals surface area (Å²) in [6, 6.07) is 12.6. The lowest BCUT2D eigenvalue weighted by Crippen LogP contribution is -2.30. The second-order valence-corrected chi connectivity index (χ2v) is 9.57. The van der Waals surface area contributed by atoms with Gasteiger partial charge in [0.05, 0.1) is 15.5 Å². The van der Waals surface area contributed by atoms with Crippen LogP contribution in [0.25, 0.3) is 0 Å². The summed E-state index contributed by atoms with van der Waals surface area (Å²) in [5, 5.41) is 3.17. The van der Waals surface area contributed by atoms with Gasteiger partial charge in [0.2, 0.25) is 0 Å². The maximum atomic E-state index is 12.6. The smallest absolute Gasteiger partial charge is 0.261 e. The predicted molar refractivity (Wildman–Crippen MR) is 121 cm³/mol. The molecule has 3 rings (SSSR count). The number of likely N-dealkylation sites (tertiary alicyclic amines) is 1. The zero-order chi connectivity index (χ0) is 21.4. The molecule has 162 valence electrons. The molecule has 1 aliphatic rings. The number of amides is 1. The van der Waals surface area contributed by atoms with E-state index in [4.69, 9.17) is 11.6 Å². The number of carbonyl (C=O) groups excluding carboxylic acids is 1. The molecule has 0 bridgehead atoms. The van der Waals surface area contributed by atoms with Crippen LogP contribution in [-0.2, 0) is 10.0 Å². The number of halogens is 1. The zero-order valence-electron chi connectivity index (χ0n) is 16.9. The van der Waals surface area contributed by atoms with Crippen LogP contribution in [0.1, 0.15) is 42.5 Å². The molecule has 1 aliphatic heterocycles. The first-order valence-electron chi connectivity index (χ1n) is 10.3. The maximum Gasteiger partial charge on any atom is 0.261 e. The molecule has 8 heteroatoms. The van der Waals surface area contributed by atoms with E-state index in [0.717, 1.165) is 26.1 Å². The lowest BCUT2D eigenvalue weighted by Gasteiger charge is -2.19. The van der Waals surface area contributed by atoms with Gasteiger partial charge in [-0.05, 0) is 69.2 Å². The molecule has 1 saturated heterocycles. The van der Waals surface area contributed by atoms with Gasteiger partial charge < -0.3 is 10.2 Å². The van der Waals surface area contributed by atoms with Crippen molar-refractivity contribution in [1.82, 2.24) is 10.2 Å². The average Bonchev–Trinajstić information content (AvgIpc) is 3.02. The molecule has 0 aromatic heterocycles. The Hall–Kier alpha value is -2.09. The Morgan fingerprint density at radius 2 is 1.70 bits per heavy atom. The van der Waals surface area contributed by atoms with Crippen molar-refractivity contribution in [2.24, 2.45) is 0 Å². The van der Waals surface area contributed by atoms with E-state index in [0.29, 0.717) is 6.54 Å². The molecule has 0 aliphatic carbocycles. The number of benzene rings is 2. The highest BCUT2D eigenvalue weighted by molar-refractivity contribution is 7.92. The number of rotatable bonds is 8. The van der Waals surface area contributed by atoms with Crippen LogP contribution in [0.15, 0.2) is 53.4 Å². The molecule has 1 heterocycles. The minimum atomic E-state index is -3.74. The number of nitrogens with one attached hydrogen (secondary N) is 2. The molecule has 0 atom stereocenters. The van der Waals surface area contributed by atoms with Crippen molar-refractivity contribution in [3.05, 3.63) is 59.1 Å². The summed E-state index contributed by atoms with van der Waals surface area (Å²) in [7, 11) is -3.74. The van der Waals surface area contributed by atoms with E-state index in [9.17, 15) is 13.2 Å². The van der Waals surface area contributed by atoms with Gasteiger partial charge in [-0.1, -0.05) is 42.6 Å². The highest BCUT2D eigenvalue weighted by Crippen LogP contribution is 2.23. The molecule has 0 spiro atoms. The van der Waals surface area contributed by atoms with Crippen LogP contribution in [0.2, 0.25) is 5.02 Å². The van der Waals surface area contributed by atoms with Crippen LogP contribution in [0.4, 0.5) is 5.69 Å². The summed E-state index contributed by atoms with van der Waals surface area (Å²) in [5.74, 6) is -0.309. The fourth-order valence-corrected chi connectivity index (χ4v) is 4.81. The van der Waals surface area contributed by atoms with Crippen molar-refractivity contribution >= 4 is 33.2 Å². The highest BCUT2D eigenvalue weighted by Gasteiger charge is 2.16. The number of carbonyl (C=O) groups is 1. The first kappa shape index (κ1) is 22.6. The largest absolute Gasteiger partial charge is 0.352 e. The number of anilines is 1. The standard InChI is InChI=1S/C22H28ClN3O3S/c23-21-12-11-18(25-30(28,29)19-9-4-3-5-10-19)17-20(21)22(27)24-13-8-16-26-14-6-1-2-7-15-26/h3-5,9-12,17,25H,1-2,6-8,13-16H2,(H,24,27). The van der Waals surface area contributed by atoms with Crippen LogP contribution < -0.4 is 10.0 Å². The van der Waals surface area contributed by atoms with Gasteiger partial charge in [0.25, 0.3) is 15.9 Å². The number of hydrogen-bond donors (Lipinski definition) is 2. The first-order valence-corrected chi connectivity index (χ1v) is 12.2. The third kappa shape index (κ3) is 6.45. The Morgan fingerprint density at radius 3 is 2.40 bits per heavy atom. The molecule has 2 aromatic carbocycles. The number of sulfonamides is 1. The summed E-state index contributed by atoms with van der Waals surface area (Å²) >= 11 is 6.19. The first-order chi connectivity index (χ1) is 14.5. The van der Waals surface area contributed by atoms with Gasteiger partial charge in [-0.2, -0.15) is 0 Å². The Bertz CT molecular complexity index is 943. The topological polar surface area (TPSA) is 78.5 Å². The highest BCUT2D eigenvalue weighted by atomic mass is 35.5. The summed E-state index contributed by atoms with van der Waals surface area (Å²) in [6.45, 7) is 3.77. The molecule has 0 saturated carbocycles. The van der Waals surface area contributed by atoms with Gasteiger partial charge in [-0.3, -0.25) is 9.52 Å².